The molecule has 0 aliphatic rings. The third-order valence-corrected chi connectivity index (χ3v) is 8.22. The van der Waals surface area contributed by atoms with Crippen LogP contribution in [0.3, 0.4) is 0 Å². The highest BCUT2D eigenvalue weighted by Crippen LogP contribution is 2.48. The van der Waals surface area contributed by atoms with E-state index in [1.807, 2.05) is 0 Å². The molecule has 0 N–H and O–H groups in total. The van der Waals surface area contributed by atoms with Gasteiger partial charge in [0.2, 0.25) is 0 Å². The van der Waals surface area contributed by atoms with Gasteiger partial charge < -0.3 is 0 Å². The Morgan fingerprint density at radius 1 is 0.567 bits per heavy atom. The molecule has 0 aliphatic carbocycles. The molecule has 30 heavy (non-hydrogen) atoms. The zero-order chi connectivity index (χ0) is 21.8. The van der Waals surface area contributed by atoms with E-state index >= 15 is 0 Å². The number of hydrogen-bond acceptors (Lipinski definition) is 4. The van der Waals surface area contributed by atoms with Gasteiger partial charge in [-0.3, -0.25) is 0 Å². The largest absolute Gasteiger partial charge is 0.263 e. The second kappa shape index (κ2) is 7.55. The van der Waals surface area contributed by atoms with Crippen LogP contribution >= 0.6 is 44.6 Å². The SMILES string of the molecule is O=S(=O)(Cl)c1c(Cl)cc2ccccc2c1-c1c(S(=O)(=O)Cl)c(Cl)cc2ccccc12. The van der Waals surface area contributed by atoms with Gasteiger partial charge in [-0.25, -0.2) is 16.8 Å². The highest BCUT2D eigenvalue weighted by Gasteiger charge is 2.31. The molecule has 0 radical (unpaired) electrons. The van der Waals surface area contributed by atoms with Gasteiger partial charge in [-0.2, -0.15) is 0 Å². The van der Waals surface area contributed by atoms with Gasteiger partial charge in [0.15, 0.2) is 0 Å². The summed E-state index contributed by atoms with van der Waals surface area (Å²) in [4.78, 5) is -0.836. The molecule has 4 nitrogen and oxygen atoms in total. The quantitative estimate of drug-likeness (QED) is 0.278. The van der Waals surface area contributed by atoms with Crippen LogP contribution in [0.4, 0.5) is 0 Å². The molecule has 0 bridgehead atoms. The lowest BCUT2D eigenvalue weighted by atomic mass is 9.93. The monoisotopic (exact) mass is 518 g/mol. The Labute approximate surface area is 191 Å². The van der Waals surface area contributed by atoms with Gasteiger partial charge in [0.05, 0.1) is 10.0 Å². The lowest BCUT2D eigenvalue weighted by Gasteiger charge is -2.18. The van der Waals surface area contributed by atoms with E-state index in [-0.39, 0.29) is 21.2 Å². The van der Waals surface area contributed by atoms with E-state index < -0.39 is 27.9 Å². The summed E-state index contributed by atoms with van der Waals surface area (Å²) in [6.45, 7) is 0. The molecule has 10 heteroatoms. The summed E-state index contributed by atoms with van der Waals surface area (Å²) in [5, 5.41) is 1.72. The minimum Gasteiger partial charge on any atom is -0.207 e. The molecule has 4 rings (SSSR count). The first-order chi connectivity index (χ1) is 14.0. The maximum Gasteiger partial charge on any atom is 0.263 e. The summed E-state index contributed by atoms with van der Waals surface area (Å²) in [6.07, 6.45) is 0. The lowest BCUT2D eigenvalue weighted by Crippen LogP contribution is -2.03. The van der Waals surface area contributed by atoms with E-state index in [1.54, 1.807) is 48.5 Å². The van der Waals surface area contributed by atoms with E-state index in [0.29, 0.717) is 21.5 Å². The van der Waals surface area contributed by atoms with Crippen molar-refractivity contribution in [3.8, 4) is 11.1 Å². The van der Waals surface area contributed by atoms with Crippen LogP contribution in [0.15, 0.2) is 70.5 Å². The molecular formula is C20H10Cl4O4S2. The highest BCUT2D eigenvalue weighted by molar-refractivity contribution is 8.14. The summed E-state index contributed by atoms with van der Waals surface area (Å²) in [5.41, 5.74) is 0.0389. The molecule has 0 aromatic heterocycles. The first-order valence-electron chi connectivity index (χ1n) is 8.32. The summed E-state index contributed by atoms with van der Waals surface area (Å²) in [7, 11) is 2.72. The number of fused-ring (bicyclic) bond motifs is 2. The Hall–Kier alpha value is -1.54. The van der Waals surface area contributed by atoms with Crippen molar-refractivity contribution < 1.29 is 16.8 Å². The second-order valence-electron chi connectivity index (χ2n) is 6.44. The predicted octanol–water partition coefficient (Wildman–Crippen LogP) is 6.82. The van der Waals surface area contributed by atoms with Crippen LogP contribution in [-0.4, -0.2) is 16.8 Å². The standard InChI is InChI=1S/C20H10Cl4O4S2/c21-15-9-11-5-1-3-7-13(11)17(19(15)29(23,25)26)18-14-8-4-2-6-12(14)10-16(22)20(18)30(24,27)28/h1-10H. The molecule has 154 valence electrons. The van der Waals surface area contributed by atoms with Crippen molar-refractivity contribution in [3.05, 3.63) is 70.7 Å². The third kappa shape index (κ3) is 3.66. The first-order valence-corrected chi connectivity index (χ1v) is 13.7. The van der Waals surface area contributed by atoms with Crippen molar-refractivity contribution in [3.63, 3.8) is 0 Å². The van der Waals surface area contributed by atoms with Crippen LogP contribution in [0.1, 0.15) is 0 Å². The lowest BCUT2D eigenvalue weighted by molar-refractivity contribution is 0.607. The summed E-state index contributed by atoms with van der Waals surface area (Å²) >= 11 is 12.6. The molecule has 0 spiro atoms. The van der Waals surface area contributed by atoms with E-state index in [2.05, 4.69) is 0 Å². The van der Waals surface area contributed by atoms with Crippen LogP contribution in [0.5, 0.6) is 0 Å². The van der Waals surface area contributed by atoms with Gasteiger partial charge in [0.1, 0.15) is 9.79 Å². The van der Waals surface area contributed by atoms with Crippen LogP contribution in [0.25, 0.3) is 32.7 Å². The molecule has 4 aromatic rings. The fraction of sp³-hybridized carbons (Fsp3) is 0. The van der Waals surface area contributed by atoms with Crippen molar-refractivity contribution in [1.82, 2.24) is 0 Å². The highest BCUT2D eigenvalue weighted by atomic mass is 35.7. The van der Waals surface area contributed by atoms with Gasteiger partial charge in [-0.05, 0) is 33.7 Å². The average Bonchev–Trinajstić information content (AvgIpc) is 2.64. The van der Waals surface area contributed by atoms with Crippen molar-refractivity contribution in [1.29, 1.82) is 0 Å². The van der Waals surface area contributed by atoms with E-state index in [0.717, 1.165) is 0 Å². The van der Waals surface area contributed by atoms with E-state index in [4.69, 9.17) is 44.6 Å². The fourth-order valence-electron chi connectivity index (χ4n) is 3.56. The van der Waals surface area contributed by atoms with Crippen LogP contribution < -0.4 is 0 Å². The molecule has 4 aromatic carbocycles. The van der Waals surface area contributed by atoms with E-state index in [9.17, 15) is 16.8 Å². The third-order valence-electron chi connectivity index (χ3n) is 4.65. The Kier molecular flexibility index (Phi) is 5.46. The maximum absolute atomic E-state index is 12.5. The Balaban J connectivity index is 2.42. The molecule has 0 saturated heterocycles. The topological polar surface area (TPSA) is 68.3 Å². The van der Waals surface area contributed by atoms with Gasteiger partial charge in [-0.1, -0.05) is 71.7 Å². The van der Waals surface area contributed by atoms with Gasteiger partial charge >= 0.3 is 0 Å². The molecule has 0 atom stereocenters. The normalized spacial score (nSPS) is 12.5. The minimum atomic E-state index is -4.39. The molecule has 0 unspecified atom stereocenters. The molecule has 0 amide bonds. The summed E-state index contributed by atoms with van der Waals surface area (Å²) in [6, 6.07) is 16.5. The Morgan fingerprint density at radius 3 is 1.23 bits per heavy atom. The van der Waals surface area contributed by atoms with E-state index in [1.165, 1.54) is 12.1 Å². The van der Waals surface area contributed by atoms with Crippen molar-refractivity contribution in [2.75, 3.05) is 0 Å². The van der Waals surface area contributed by atoms with Gasteiger partial charge in [0.25, 0.3) is 18.1 Å². The molecule has 0 saturated carbocycles. The second-order valence-corrected chi connectivity index (χ2v) is 12.3. The number of benzene rings is 4. The van der Waals surface area contributed by atoms with Gasteiger partial charge in [-0.15, -0.1) is 0 Å². The molecule has 0 aliphatic heterocycles. The Bertz CT molecular complexity index is 1440. The first kappa shape index (κ1) is 21.7. The number of hydrogen-bond donors (Lipinski definition) is 0. The number of halogens is 4. The number of rotatable bonds is 3. The molecule has 0 heterocycles. The van der Waals surface area contributed by atoms with Gasteiger partial charge in [0, 0.05) is 32.5 Å². The summed E-state index contributed by atoms with van der Waals surface area (Å²) < 4.78 is 50.2. The predicted molar refractivity (Wildman–Crippen MR) is 123 cm³/mol. The van der Waals surface area contributed by atoms with Crippen molar-refractivity contribution >= 4 is 84.2 Å². The molecular weight excluding hydrogens is 510 g/mol. The zero-order valence-corrected chi connectivity index (χ0v) is 19.4. The van der Waals surface area contributed by atoms with Crippen molar-refractivity contribution in [2.24, 2.45) is 0 Å². The summed E-state index contributed by atoms with van der Waals surface area (Å²) in [5.74, 6) is 0. The molecule has 0 fully saturated rings. The van der Waals surface area contributed by atoms with Crippen LogP contribution in [0, 0.1) is 0 Å². The maximum atomic E-state index is 12.5. The van der Waals surface area contributed by atoms with Crippen LogP contribution in [0.2, 0.25) is 10.0 Å². The van der Waals surface area contributed by atoms with Crippen LogP contribution in [-0.2, 0) is 18.1 Å². The van der Waals surface area contributed by atoms with Crippen molar-refractivity contribution in [2.45, 2.75) is 9.79 Å². The zero-order valence-electron chi connectivity index (χ0n) is 14.7. The Morgan fingerprint density at radius 2 is 0.900 bits per heavy atom. The minimum absolute atomic E-state index is 0.0195. The smallest absolute Gasteiger partial charge is 0.207 e. The fourth-order valence-corrected chi connectivity index (χ4v) is 7.29. The average molecular weight is 520 g/mol.